The number of nitrogens with zero attached hydrogens (tertiary/aromatic N) is 1. The van der Waals surface area contributed by atoms with Crippen molar-refractivity contribution in [2.45, 2.75) is 6.10 Å². The molecule has 2 unspecified atom stereocenters. The zero-order valence-electron chi connectivity index (χ0n) is 14.9. The van der Waals surface area contributed by atoms with E-state index in [0.29, 0.717) is 16.8 Å². The molecule has 1 heterocycles. The lowest BCUT2D eigenvalue weighted by Gasteiger charge is -2.18. The highest BCUT2D eigenvalue weighted by Crippen LogP contribution is 2.37. The molecule has 5 nitrogen and oxygen atoms in total. The zero-order valence-corrected chi connectivity index (χ0v) is 14.9. The van der Waals surface area contributed by atoms with Gasteiger partial charge in [0.25, 0.3) is 0 Å². The predicted octanol–water partition coefficient (Wildman–Crippen LogP) is 4.36. The van der Waals surface area contributed by atoms with Crippen LogP contribution in [0.25, 0.3) is 0 Å². The van der Waals surface area contributed by atoms with Crippen LogP contribution < -0.4 is 0 Å². The number of benzene rings is 3. The molecular weight excluding hydrogens is 354 g/mol. The molecule has 3 aromatic rings. The van der Waals surface area contributed by atoms with Gasteiger partial charge in [0.2, 0.25) is 0 Å². The summed E-state index contributed by atoms with van der Waals surface area (Å²) >= 11 is 0. The highest BCUT2D eigenvalue weighted by molar-refractivity contribution is 6.19. The maximum absolute atomic E-state index is 13.3. The van der Waals surface area contributed by atoms with Gasteiger partial charge in [0.15, 0.2) is 11.9 Å². The van der Waals surface area contributed by atoms with E-state index in [1.807, 2.05) is 48.5 Å². The van der Waals surface area contributed by atoms with E-state index < -0.39 is 18.0 Å². The van der Waals surface area contributed by atoms with Gasteiger partial charge < -0.3 is 9.94 Å². The van der Waals surface area contributed by atoms with Gasteiger partial charge in [-0.2, -0.15) is 0 Å². The Morgan fingerprint density at radius 3 is 2.00 bits per heavy atom. The second kappa shape index (κ2) is 7.48. The number of aromatic carboxylic acids is 1. The van der Waals surface area contributed by atoms with Crippen LogP contribution in [0.4, 0.5) is 0 Å². The Kier molecular flexibility index (Phi) is 4.72. The van der Waals surface area contributed by atoms with Crippen LogP contribution in [0.15, 0.2) is 90.1 Å². The maximum atomic E-state index is 13.3. The number of carboxylic acids is 1. The first-order valence-corrected chi connectivity index (χ1v) is 8.87. The summed E-state index contributed by atoms with van der Waals surface area (Å²) in [5.74, 6) is -1.72. The Bertz CT molecular complexity index is 1030. The molecule has 28 heavy (non-hydrogen) atoms. The largest absolute Gasteiger partial charge is 0.478 e. The lowest BCUT2D eigenvalue weighted by Crippen LogP contribution is -2.27. The molecule has 0 amide bonds. The third-order valence-electron chi connectivity index (χ3n) is 4.76. The molecule has 1 aliphatic rings. The summed E-state index contributed by atoms with van der Waals surface area (Å²) in [5, 5.41) is 13.3. The SMILES string of the molecule is O=C(O)c1ccc(C2=NOC(c3ccccc3)C2C(=O)c2ccccc2)cc1. The predicted molar refractivity (Wildman–Crippen MR) is 104 cm³/mol. The Balaban J connectivity index is 1.74. The molecule has 0 spiro atoms. The number of carbonyl (C=O) groups excluding carboxylic acids is 1. The zero-order chi connectivity index (χ0) is 19.5. The molecule has 0 bridgehead atoms. The lowest BCUT2D eigenvalue weighted by atomic mass is 9.83. The van der Waals surface area contributed by atoms with Crippen molar-refractivity contribution in [3.05, 3.63) is 107 Å². The molecule has 0 aromatic heterocycles. The topological polar surface area (TPSA) is 76.0 Å². The highest BCUT2D eigenvalue weighted by atomic mass is 16.6. The summed E-state index contributed by atoms with van der Waals surface area (Å²) in [6.07, 6.45) is -0.539. The molecule has 0 radical (unpaired) electrons. The first-order chi connectivity index (χ1) is 13.6. The summed E-state index contributed by atoms with van der Waals surface area (Å²) in [6.45, 7) is 0. The second-order valence-electron chi connectivity index (χ2n) is 6.50. The molecule has 3 aromatic carbocycles. The fraction of sp³-hybridized carbons (Fsp3) is 0.0870. The average Bonchev–Trinajstić information content (AvgIpc) is 3.19. The van der Waals surface area contributed by atoms with E-state index >= 15 is 0 Å². The standard InChI is InChI=1S/C23H17NO4/c25-21(16-7-3-1-4-8-16)19-20(15-11-13-18(14-12-15)23(26)27)24-28-22(19)17-9-5-2-6-10-17/h1-14,19,22H,(H,26,27). The van der Waals surface area contributed by atoms with Gasteiger partial charge >= 0.3 is 5.97 Å². The fourth-order valence-corrected chi connectivity index (χ4v) is 3.33. The van der Waals surface area contributed by atoms with Gasteiger partial charge in [-0.1, -0.05) is 78.0 Å². The van der Waals surface area contributed by atoms with Crippen LogP contribution in [-0.4, -0.2) is 22.6 Å². The van der Waals surface area contributed by atoms with E-state index in [4.69, 9.17) is 9.94 Å². The number of rotatable bonds is 5. The molecule has 4 rings (SSSR count). The highest BCUT2D eigenvalue weighted by Gasteiger charge is 2.41. The van der Waals surface area contributed by atoms with Gasteiger partial charge in [0.1, 0.15) is 11.6 Å². The normalized spacial score (nSPS) is 18.2. The average molecular weight is 371 g/mol. The first kappa shape index (κ1) is 17.7. The van der Waals surface area contributed by atoms with Crippen molar-refractivity contribution in [2.24, 2.45) is 11.1 Å². The van der Waals surface area contributed by atoms with E-state index in [9.17, 15) is 9.59 Å². The van der Waals surface area contributed by atoms with Crippen molar-refractivity contribution in [3.63, 3.8) is 0 Å². The van der Waals surface area contributed by atoms with Crippen LogP contribution in [0.3, 0.4) is 0 Å². The number of carbonyl (C=O) groups is 2. The number of ketones is 1. The third-order valence-corrected chi connectivity index (χ3v) is 4.76. The minimum absolute atomic E-state index is 0.0898. The molecule has 1 aliphatic heterocycles. The van der Waals surface area contributed by atoms with Gasteiger partial charge in [0, 0.05) is 11.1 Å². The minimum atomic E-state index is -1.00. The van der Waals surface area contributed by atoms with E-state index in [0.717, 1.165) is 5.56 Å². The van der Waals surface area contributed by atoms with Crippen LogP contribution in [-0.2, 0) is 4.84 Å². The van der Waals surface area contributed by atoms with E-state index in [-0.39, 0.29) is 11.3 Å². The molecule has 0 aliphatic carbocycles. The Morgan fingerprint density at radius 1 is 0.786 bits per heavy atom. The summed E-state index contributed by atoms with van der Waals surface area (Å²) < 4.78 is 0. The van der Waals surface area contributed by atoms with E-state index in [2.05, 4.69) is 5.16 Å². The van der Waals surface area contributed by atoms with Crippen LogP contribution in [0.5, 0.6) is 0 Å². The van der Waals surface area contributed by atoms with Crippen molar-refractivity contribution in [1.29, 1.82) is 0 Å². The number of oxime groups is 1. The number of Topliss-reactive ketones (excluding diaryl/α,β-unsaturated/α-hetero) is 1. The smallest absolute Gasteiger partial charge is 0.335 e. The second-order valence-corrected chi connectivity index (χ2v) is 6.50. The first-order valence-electron chi connectivity index (χ1n) is 8.87. The van der Waals surface area contributed by atoms with Gasteiger partial charge in [-0.15, -0.1) is 0 Å². The lowest BCUT2D eigenvalue weighted by molar-refractivity contribution is 0.0533. The molecule has 0 saturated heterocycles. The van der Waals surface area contributed by atoms with Crippen molar-refractivity contribution in [1.82, 2.24) is 0 Å². The summed E-state index contributed by atoms with van der Waals surface area (Å²) in [7, 11) is 0. The van der Waals surface area contributed by atoms with Crippen LogP contribution in [0, 0.1) is 5.92 Å². The Hall–Kier alpha value is -3.73. The number of carboxylic acid groups (broad SMARTS) is 1. The number of hydrogen-bond donors (Lipinski definition) is 1. The van der Waals surface area contributed by atoms with E-state index in [1.54, 1.807) is 24.3 Å². The summed E-state index contributed by atoms with van der Waals surface area (Å²) in [4.78, 5) is 30.1. The summed E-state index contributed by atoms with van der Waals surface area (Å²) in [6, 6.07) is 24.8. The van der Waals surface area contributed by atoms with Gasteiger partial charge in [-0.25, -0.2) is 4.79 Å². The molecular formula is C23H17NO4. The minimum Gasteiger partial charge on any atom is -0.478 e. The fourth-order valence-electron chi connectivity index (χ4n) is 3.33. The van der Waals surface area contributed by atoms with Crippen molar-refractivity contribution in [3.8, 4) is 0 Å². The Morgan fingerprint density at radius 2 is 1.39 bits per heavy atom. The third kappa shape index (κ3) is 3.30. The van der Waals surface area contributed by atoms with Crippen molar-refractivity contribution >= 4 is 17.5 Å². The van der Waals surface area contributed by atoms with E-state index in [1.165, 1.54) is 12.1 Å². The van der Waals surface area contributed by atoms with Crippen molar-refractivity contribution in [2.75, 3.05) is 0 Å². The molecule has 138 valence electrons. The molecule has 5 heteroatoms. The Labute approximate surface area is 161 Å². The van der Waals surface area contributed by atoms with Crippen LogP contribution in [0.1, 0.15) is 37.9 Å². The molecule has 0 saturated carbocycles. The van der Waals surface area contributed by atoms with Gasteiger partial charge in [-0.05, 0) is 17.7 Å². The summed E-state index contributed by atoms with van der Waals surface area (Å²) in [5.41, 5.74) is 2.78. The monoisotopic (exact) mass is 371 g/mol. The quantitative estimate of drug-likeness (QED) is 0.676. The van der Waals surface area contributed by atoms with Crippen molar-refractivity contribution < 1.29 is 19.5 Å². The maximum Gasteiger partial charge on any atom is 0.335 e. The number of hydrogen-bond acceptors (Lipinski definition) is 4. The van der Waals surface area contributed by atoms with Crippen LogP contribution >= 0.6 is 0 Å². The molecule has 1 N–H and O–H groups in total. The van der Waals surface area contributed by atoms with Crippen LogP contribution in [0.2, 0.25) is 0 Å². The molecule has 0 fully saturated rings. The van der Waals surface area contributed by atoms with Gasteiger partial charge in [0.05, 0.1) is 5.56 Å². The molecule has 2 atom stereocenters. The van der Waals surface area contributed by atoms with Gasteiger partial charge in [-0.3, -0.25) is 4.79 Å².